The minimum atomic E-state index is -2.96. The summed E-state index contributed by atoms with van der Waals surface area (Å²) in [5.74, 6) is -2.53. The van der Waals surface area contributed by atoms with Gasteiger partial charge in [-0.25, -0.2) is 8.78 Å². The zero-order valence-corrected chi connectivity index (χ0v) is 13.2. The van der Waals surface area contributed by atoms with Crippen molar-refractivity contribution in [1.82, 2.24) is 0 Å². The van der Waals surface area contributed by atoms with Crippen molar-refractivity contribution in [2.75, 3.05) is 19.8 Å². The fourth-order valence-electron chi connectivity index (χ4n) is 1.34. The molecule has 0 spiro atoms. The molecule has 0 radical (unpaired) electrons. The zero-order chi connectivity index (χ0) is 16.1. The minimum Gasteiger partial charge on any atom is -0.489 e. The molecule has 1 unspecified atom stereocenters. The van der Waals surface area contributed by atoms with Crippen molar-refractivity contribution < 1.29 is 23.4 Å². The molecule has 1 aromatic carbocycles. The number of benzene rings is 1. The van der Waals surface area contributed by atoms with E-state index in [0.717, 1.165) is 0 Å². The van der Waals surface area contributed by atoms with Gasteiger partial charge in [-0.2, -0.15) is 0 Å². The van der Waals surface area contributed by atoms with E-state index in [1.807, 2.05) is 0 Å². The highest BCUT2D eigenvalue weighted by atomic mass is 35.5. The van der Waals surface area contributed by atoms with Crippen molar-refractivity contribution in [3.63, 3.8) is 0 Å². The van der Waals surface area contributed by atoms with Crippen LogP contribution in [0.15, 0.2) is 24.3 Å². The summed E-state index contributed by atoms with van der Waals surface area (Å²) < 4.78 is 37.5. The summed E-state index contributed by atoms with van der Waals surface area (Å²) in [6.45, 7) is 3.27. The maximum absolute atomic E-state index is 13.6. The first-order valence-corrected chi connectivity index (χ1v) is 7.02. The Morgan fingerprint density at radius 1 is 1.19 bits per heavy atom. The third-order valence-corrected chi connectivity index (χ3v) is 3.27. The molecule has 1 rings (SSSR count). The number of hydrogen-bond acceptors (Lipinski definition) is 3. The maximum atomic E-state index is 13.6. The number of alkyl halides is 2. The van der Waals surface area contributed by atoms with Gasteiger partial charge in [0.1, 0.15) is 25.1 Å². The van der Waals surface area contributed by atoms with Crippen LogP contribution in [-0.4, -0.2) is 37.0 Å². The largest absolute Gasteiger partial charge is 0.489 e. The van der Waals surface area contributed by atoms with Crippen LogP contribution >= 0.6 is 11.6 Å². The van der Waals surface area contributed by atoms with Crippen LogP contribution in [0.2, 0.25) is 5.02 Å². The molecule has 1 N–H and O–H groups in total. The molecule has 21 heavy (non-hydrogen) atoms. The number of para-hydroxylation sites is 1. The van der Waals surface area contributed by atoms with E-state index in [4.69, 9.17) is 21.1 Å². The van der Waals surface area contributed by atoms with Crippen molar-refractivity contribution in [2.24, 2.45) is 5.41 Å². The van der Waals surface area contributed by atoms with Crippen LogP contribution in [0.1, 0.15) is 20.8 Å². The lowest BCUT2D eigenvalue weighted by atomic mass is 9.88. The summed E-state index contributed by atoms with van der Waals surface area (Å²) in [5, 5.41) is 10.1. The highest BCUT2D eigenvalue weighted by Crippen LogP contribution is 2.35. The third-order valence-electron chi connectivity index (χ3n) is 2.96. The molecule has 0 fully saturated rings. The van der Waals surface area contributed by atoms with Crippen LogP contribution < -0.4 is 4.74 Å². The van der Waals surface area contributed by atoms with Crippen molar-refractivity contribution in [3.05, 3.63) is 29.3 Å². The van der Waals surface area contributed by atoms with Gasteiger partial charge in [-0.1, -0.05) is 44.5 Å². The standard InChI is InChI=1S/C15H21ClF2O3/c1-14(2,3)15(17,18)10-20-8-11(19)9-21-13-7-5-4-6-12(13)16/h4-7,11,19H,8-10H2,1-3H3. The molecule has 1 atom stereocenters. The van der Waals surface area contributed by atoms with Gasteiger partial charge in [0, 0.05) is 5.41 Å². The topological polar surface area (TPSA) is 38.7 Å². The highest BCUT2D eigenvalue weighted by molar-refractivity contribution is 6.32. The fraction of sp³-hybridized carbons (Fsp3) is 0.600. The Morgan fingerprint density at radius 2 is 1.81 bits per heavy atom. The van der Waals surface area contributed by atoms with Gasteiger partial charge in [0.05, 0.1) is 11.6 Å². The second-order valence-corrected chi connectivity index (χ2v) is 6.27. The normalized spacial score (nSPS) is 14.0. The number of halogens is 3. The van der Waals surface area contributed by atoms with Gasteiger partial charge in [-0.3, -0.25) is 0 Å². The lowest BCUT2D eigenvalue weighted by molar-refractivity contribution is -0.153. The van der Waals surface area contributed by atoms with Gasteiger partial charge in [0.2, 0.25) is 0 Å². The molecular weight excluding hydrogens is 302 g/mol. The van der Waals surface area contributed by atoms with E-state index >= 15 is 0 Å². The quantitative estimate of drug-likeness (QED) is 0.830. The van der Waals surface area contributed by atoms with E-state index in [-0.39, 0.29) is 13.2 Å². The third kappa shape index (κ3) is 5.77. The molecule has 0 aliphatic rings. The van der Waals surface area contributed by atoms with E-state index < -0.39 is 24.0 Å². The number of ether oxygens (including phenoxy) is 2. The van der Waals surface area contributed by atoms with Crippen LogP contribution in [0, 0.1) is 5.41 Å². The lowest BCUT2D eigenvalue weighted by Gasteiger charge is -2.30. The van der Waals surface area contributed by atoms with Gasteiger partial charge in [-0.15, -0.1) is 0 Å². The van der Waals surface area contributed by atoms with Crippen LogP contribution in [-0.2, 0) is 4.74 Å². The maximum Gasteiger partial charge on any atom is 0.275 e. The average Bonchev–Trinajstić information content (AvgIpc) is 2.36. The molecule has 0 aliphatic heterocycles. The Morgan fingerprint density at radius 3 is 2.38 bits per heavy atom. The summed E-state index contributed by atoms with van der Waals surface area (Å²) in [5.41, 5.74) is -1.19. The smallest absolute Gasteiger partial charge is 0.275 e. The van der Waals surface area contributed by atoms with Crippen molar-refractivity contribution in [1.29, 1.82) is 0 Å². The van der Waals surface area contributed by atoms with E-state index in [1.165, 1.54) is 20.8 Å². The minimum absolute atomic E-state index is 0.0785. The molecule has 0 heterocycles. The molecule has 6 heteroatoms. The van der Waals surface area contributed by atoms with Gasteiger partial charge in [0.25, 0.3) is 5.92 Å². The van der Waals surface area contributed by atoms with Gasteiger partial charge in [-0.05, 0) is 12.1 Å². The molecule has 3 nitrogen and oxygen atoms in total. The van der Waals surface area contributed by atoms with Crippen LogP contribution in [0.25, 0.3) is 0 Å². The van der Waals surface area contributed by atoms with E-state index in [1.54, 1.807) is 24.3 Å². The van der Waals surface area contributed by atoms with Crippen LogP contribution in [0.5, 0.6) is 5.75 Å². The number of rotatable bonds is 7. The first-order valence-electron chi connectivity index (χ1n) is 6.64. The summed E-state index contributed by atoms with van der Waals surface area (Å²) in [7, 11) is 0. The lowest BCUT2D eigenvalue weighted by Crippen LogP contribution is -2.39. The Balaban J connectivity index is 2.32. The zero-order valence-electron chi connectivity index (χ0n) is 12.4. The highest BCUT2D eigenvalue weighted by Gasteiger charge is 2.43. The number of aliphatic hydroxyl groups excluding tert-OH is 1. The number of aliphatic hydroxyl groups is 1. The van der Waals surface area contributed by atoms with Gasteiger partial charge in [0.15, 0.2) is 0 Å². The van der Waals surface area contributed by atoms with E-state index in [9.17, 15) is 13.9 Å². The molecule has 1 aromatic rings. The van der Waals surface area contributed by atoms with Crippen molar-refractivity contribution in [3.8, 4) is 5.75 Å². The molecule has 0 aromatic heterocycles. The van der Waals surface area contributed by atoms with Crippen LogP contribution in [0.3, 0.4) is 0 Å². The number of hydrogen-bond donors (Lipinski definition) is 1. The van der Waals surface area contributed by atoms with E-state index in [2.05, 4.69) is 0 Å². The molecular formula is C15H21ClF2O3. The Hall–Kier alpha value is -0.910. The molecule has 0 bridgehead atoms. The first kappa shape index (κ1) is 18.1. The summed E-state index contributed by atoms with van der Waals surface area (Å²) in [6.07, 6.45) is -1.00. The molecule has 120 valence electrons. The average molecular weight is 323 g/mol. The monoisotopic (exact) mass is 322 g/mol. The second kappa shape index (κ2) is 7.38. The molecule has 0 aliphatic carbocycles. The van der Waals surface area contributed by atoms with Crippen LogP contribution in [0.4, 0.5) is 8.78 Å². The van der Waals surface area contributed by atoms with E-state index in [0.29, 0.717) is 10.8 Å². The molecule has 0 amide bonds. The Labute approximate surface area is 128 Å². The molecule has 0 saturated heterocycles. The summed E-state index contributed by atoms with van der Waals surface area (Å²) >= 11 is 5.89. The SMILES string of the molecule is CC(C)(C)C(F)(F)COCC(O)COc1ccccc1Cl. The fourth-order valence-corrected chi connectivity index (χ4v) is 1.53. The van der Waals surface area contributed by atoms with Gasteiger partial charge < -0.3 is 14.6 Å². The predicted octanol–water partition coefficient (Wildman–Crippen LogP) is 3.78. The summed E-state index contributed by atoms with van der Waals surface area (Å²) in [4.78, 5) is 0. The van der Waals surface area contributed by atoms with Gasteiger partial charge >= 0.3 is 0 Å². The summed E-state index contributed by atoms with van der Waals surface area (Å²) in [6, 6.07) is 6.81. The Bertz CT molecular complexity index is 447. The van der Waals surface area contributed by atoms with Crippen molar-refractivity contribution in [2.45, 2.75) is 32.8 Å². The Kier molecular flexibility index (Phi) is 6.38. The first-order chi connectivity index (χ1) is 9.63. The second-order valence-electron chi connectivity index (χ2n) is 5.86. The van der Waals surface area contributed by atoms with Crippen molar-refractivity contribution >= 4 is 11.6 Å². The molecule has 0 saturated carbocycles. The predicted molar refractivity (Wildman–Crippen MR) is 78.2 cm³/mol.